The third-order valence-electron chi connectivity index (χ3n) is 5.75. The van der Waals surface area contributed by atoms with Crippen molar-refractivity contribution in [1.82, 2.24) is 4.98 Å². The van der Waals surface area contributed by atoms with Crippen LogP contribution in [0.1, 0.15) is 46.1 Å². The van der Waals surface area contributed by atoms with Crippen LogP contribution in [0.5, 0.6) is 0 Å². The van der Waals surface area contributed by atoms with Gasteiger partial charge in [-0.25, -0.2) is 4.98 Å². The second-order valence-electron chi connectivity index (χ2n) is 9.04. The highest BCUT2D eigenvalue weighted by Gasteiger charge is 2.31. The first-order valence-electron chi connectivity index (χ1n) is 10.8. The van der Waals surface area contributed by atoms with Crippen molar-refractivity contribution in [2.75, 3.05) is 30.0 Å². The van der Waals surface area contributed by atoms with E-state index in [-0.39, 0.29) is 0 Å². The number of rotatable bonds is 8. The Bertz CT molecular complexity index is 893. The van der Waals surface area contributed by atoms with Crippen LogP contribution in [0.4, 0.5) is 17.2 Å². The number of nitrogens with zero attached hydrogens (tertiary/aromatic N) is 2. The summed E-state index contributed by atoms with van der Waals surface area (Å²) in [5, 5.41) is 13.7. The molecule has 0 aliphatic carbocycles. The molecule has 1 aliphatic rings. The van der Waals surface area contributed by atoms with Crippen molar-refractivity contribution in [1.29, 1.82) is 0 Å². The number of carboxylic acid groups (broad SMARTS) is 1. The highest BCUT2D eigenvalue weighted by molar-refractivity contribution is 6.30. The number of nitrogens with one attached hydrogen (secondary N) is 1. The third kappa shape index (κ3) is 5.69. The van der Waals surface area contributed by atoms with Crippen molar-refractivity contribution in [3.05, 3.63) is 47.1 Å². The number of aromatic nitrogens is 1. The molecule has 2 heterocycles. The van der Waals surface area contributed by atoms with E-state index < -0.39 is 11.4 Å². The van der Waals surface area contributed by atoms with Crippen LogP contribution in [0.2, 0.25) is 5.02 Å². The number of pyridine rings is 1. The highest BCUT2D eigenvalue weighted by Crippen LogP contribution is 2.37. The van der Waals surface area contributed by atoms with Gasteiger partial charge in [-0.05, 0) is 62.4 Å². The number of aliphatic carboxylic acids is 1. The number of halogens is 1. The van der Waals surface area contributed by atoms with E-state index in [1.807, 2.05) is 24.3 Å². The molecule has 0 saturated carbocycles. The number of carboxylic acids is 1. The van der Waals surface area contributed by atoms with E-state index in [1.165, 1.54) is 0 Å². The first-order valence-corrected chi connectivity index (χ1v) is 11.2. The Hall–Kier alpha value is -2.31. The Balaban J connectivity index is 2.07. The fourth-order valence-corrected chi connectivity index (χ4v) is 3.93. The van der Waals surface area contributed by atoms with Gasteiger partial charge in [-0.1, -0.05) is 31.5 Å². The molecule has 0 unspecified atom stereocenters. The Morgan fingerprint density at radius 2 is 2.00 bits per heavy atom. The Morgan fingerprint density at radius 3 is 2.58 bits per heavy atom. The smallest absolute Gasteiger partial charge is 0.313 e. The lowest BCUT2D eigenvalue weighted by Gasteiger charge is -2.38. The molecular weight excluding hydrogens is 414 g/mol. The predicted molar refractivity (Wildman–Crippen MR) is 126 cm³/mol. The maximum Gasteiger partial charge on any atom is 0.313 e. The summed E-state index contributed by atoms with van der Waals surface area (Å²) >= 11 is 6.00. The van der Waals surface area contributed by atoms with Gasteiger partial charge in [0.05, 0.1) is 21.8 Å². The lowest BCUT2D eigenvalue weighted by Crippen LogP contribution is -2.42. The first kappa shape index (κ1) is 23.4. The first-order chi connectivity index (χ1) is 14.7. The maximum atomic E-state index is 11.9. The minimum Gasteiger partial charge on any atom is -0.481 e. The number of ether oxygens (including phenoxy) is 1. The zero-order valence-corrected chi connectivity index (χ0v) is 19.4. The summed E-state index contributed by atoms with van der Waals surface area (Å²) in [5.74, 6) is 0.270. The van der Waals surface area contributed by atoms with Crippen LogP contribution in [-0.2, 0) is 14.9 Å². The standard InChI is InChI=1S/C24H32ClN3O3/c1-16(2)15-28(19-9-11-31-12-10-19)21-7-5-17(24(3,4)23(29)30)13-20(21)27-22-8-6-18(25)14-26-22/h5-8,13-14,16,19H,9-12,15H2,1-4H3,(H,26,27)(H,29,30). The molecule has 0 radical (unpaired) electrons. The summed E-state index contributed by atoms with van der Waals surface area (Å²) in [6, 6.07) is 9.88. The number of benzene rings is 1. The van der Waals surface area contributed by atoms with E-state index >= 15 is 0 Å². The molecular formula is C24H32ClN3O3. The largest absolute Gasteiger partial charge is 0.481 e. The monoisotopic (exact) mass is 445 g/mol. The van der Waals surface area contributed by atoms with Crippen molar-refractivity contribution in [2.45, 2.75) is 52.0 Å². The highest BCUT2D eigenvalue weighted by atomic mass is 35.5. The Morgan fingerprint density at radius 1 is 1.29 bits per heavy atom. The lowest BCUT2D eigenvalue weighted by atomic mass is 9.84. The average molecular weight is 446 g/mol. The van der Waals surface area contributed by atoms with Crippen molar-refractivity contribution >= 4 is 34.8 Å². The number of carbonyl (C=O) groups is 1. The van der Waals surface area contributed by atoms with Gasteiger partial charge in [-0.3, -0.25) is 4.79 Å². The zero-order chi connectivity index (χ0) is 22.6. The Kier molecular flexibility index (Phi) is 7.44. The van der Waals surface area contributed by atoms with Crippen LogP contribution < -0.4 is 10.2 Å². The summed E-state index contributed by atoms with van der Waals surface area (Å²) in [7, 11) is 0. The quantitative estimate of drug-likeness (QED) is 0.560. The minimum absolute atomic E-state index is 0.369. The fourth-order valence-electron chi connectivity index (χ4n) is 3.82. The fraction of sp³-hybridized carbons (Fsp3) is 0.500. The third-order valence-corrected chi connectivity index (χ3v) is 5.97. The summed E-state index contributed by atoms with van der Waals surface area (Å²) in [6.07, 6.45) is 3.53. The maximum absolute atomic E-state index is 11.9. The van der Waals surface area contributed by atoms with Gasteiger partial charge in [0.15, 0.2) is 0 Å². The summed E-state index contributed by atoms with van der Waals surface area (Å²) in [6.45, 7) is 10.3. The van der Waals surface area contributed by atoms with Crippen LogP contribution in [0.15, 0.2) is 36.5 Å². The van der Waals surface area contributed by atoms with Gasteiger partial charge in [0.2, 0.25) is 0 Å². The van der Waals surface area contributed by atoms with E-state index in [1.54, 1.807) is 26.1 Å². The molecule has 1 fully saturated rings. The molecule has 0 spiro atoms. The summed E-state index contributed by atoms with van der Waals surface area (Å²) in [4.78, 5) is 18.7. The van der Waals surface area contributed by atoms with Gasteiger partial charge in [-0.2, -0.15) is 0 Å². The predicted octanol–water partition coefficient (Wildman–Crippen LogP) is 5.48. The van der Waals surface area contributed by atoms with Gasteiger partial charge in [-0.15, -0.1) is 0 Å². The van der Waals surface area contributed by atoms with Gasteiger partial charge in [0.1, 0.15) is 5.82 Å². The van der Waals surface area contributed by atoms with Crippen molar-refractivity contribution in [2.24, 2.45) is 5.92 Å². The van der Waals surface area contributed by atoms with E-state index in [0.29, 0.717) is 22.8 Å². The lowest BCUT2D eigenvalue weighted by molar-refractivity contribution is -0.142. The van der Waals surface area contributed by atoms with Crippen LogP contribution >= 0.6 is 11.6 Å². The SMILES string of the molecule is CC(C)CN(c1ccc(C(C)(C)C(=O)O)cc1Nc1ccc(Cl)cn1)C1CCOCC1. The van der Waals surface area contributed by atoms with Crippen LogP contribution in [0, 0.1) is 5.92 Å². The van der Waals surface area contributed by atoms with Crippen molar-refractivity contribution in [3.63, 3.8) is 0 Å². The molecule has 2 aromatic rings. The Labute approximate surface area is 189 Å². The second kappa shape index (κ2) is 9.88. The molecule has 3 rings (SSSR count). The number of hydrogen-bond acceptors (Lipinski definition) is 5. The molecule has 0 amide bonds. The normalized spacial score (nSPS) is 15.2. The molecule has 1 aromatic carbocycles. The van der Waals surface area contributed by atoms with Crippen molar-refractivity contribution in [3.8, 4) is 0 Å². The molecule has 31 heavy (non-hydrogen) atoms. The van der Waals surface area contributed by atoms with Crippen LogP contribution in [0.25, 0.3) is 0 Å². The molecule has 0 atom stereocenters. The van der Waals surface area contributed by atoms with Gasteiger partial charge in [0.25, 0.3) is 0 Å². The molecule has 1 aromatic heterocycles. The molecule has 168 valence electrons. The number of hydrogen-bond donors (Lipinski definition) is 2. The molecule has 0 bridgehead atoms. The van der Waals surface area contributed by atoms with E-state index in [4.69, 9.17) is 16.3 Å². The van der Waals surface area contributed by atoms with Gasteiger partial charge >= 0.3 is 5.97 Å². The minimum atomic E-state index is -1.01. The van der Waals surface area contributed by atoms with Gasteiger partial charge in [0, 0.05) is 32.0 Å². The van der Waals surface area contributed by atoms with E-state index in [9.17, 15) is 9.90 Å². The topological polar surface area (TPSA) is 74.7 Å². The number of anilines is 3. The second-order valence-corrected chi connectivity index (χ2v) is 9.47. The van der Waals surface area contributed by atoms with E-state index in [2.05, 4.69) is 29.0 Å². The zero-order valence-electron chi connectivity index (χ0n) is 18.7. The molecule has 2 N–H and O–H groups in total. The summed E-state index contributed by atoms with van der Waals surface area (Å²) < 4.78 is 5.59. The molecule has 7 heteroatoms. The average Bonchev–Trinajstić information content (AvgIpc) is 2.74. The molecule has 1 saturated heterocycles. The van der Waals surface area contributed by atoms with Crippen LogP contribution in [-0.4, -0.2) is 41.9 Å². The molecule has 1 aliphatic heterocycles. The van der Waals surface area contributed by atoms with Crippen molar-refractivity contribution < 1.29 is 14.6 Å². The van der Waals surface area contributed by atoms with E-state index in [0.717, 1.165) is 49.5 Å². The van der Waals surface area contributed by atoms with Gasteiger partial charge < -0.3 is 20.1 Å². The summed E-state index contributed by atoms with van der Waals surface area (Å²) in [5.41, 5.74) is 1.61. The van der Waals surface area contributed by atoms with Crippen LogP contribution in [0.3, 0.4) is 0 Å². The molecule has 6 nitrogen and oxygen atoms in total.